The molecule has 0 saturated heterocycles. The first kappa shape index (κ1) is 12.7. The first-order valence-corrected chi connectivity index (χ1v) is 9.48. The molecule has 84 valence electrons. The van der Waals surface area contributed by atoms with Gasteiger partial charge in [-0.3, -0.25) is 0 Å². The number of hydrogen-bond acceptors (Lipinski definition) is 0. The summed E-state index contributed by atoms with van der Waals surface area (Å²) < 4.78 is 12.8. The normalized spacial score (nSPS) is 13.9. The van der Waals surface area contributed by atoms with Crippen LogP contribution in [-0.2, 0) is 0 Å². The van der Waals surface area contributed by atoms with Gasteiger partial charge in [0, 0.05) is 14.0 Å². The molecule has 0 saturated carbocycles. The van der Waals surface area contributed by atoms with E-state index in [4.69, 9.17) is 11.6 Å². The number of benzene rings is 1. The standard InChI is InChI=1S/C12H18ClFSi/c1-15(2,3)9-11(8-13)10-4-6-12(14)7-5-10/h4-7,11H,8-9H2,1-3H3. The molecule has 0 aromatic heterocycles. The monoisotopic (exact) mass is 244 g/mol. The Kier molecular flexibility index (Phi) is 4.35. The maximum atomic E-state index is 12.8. The van der Waals surface area contributed by atoms with Crippen molar-refractivity contribution in [3.8, 4) is 0 Å². The zero-order valence-corrected chi connectivity index (χ0v) is 11.3. The SMILES string of the molecule is C[Si](C)(C)CC(CCl)c1ccc(F)cc1. The lowest BCUT2D eigenvalue weighted by molar-refractivity contribution is 0.626. The lowest BCUT2D eigenvalue weighted by Crippen LogP contribution is -2.23. The van der Waals surface area contributed by atoms with E-state index in [1.165, 1.54) is 12.1 Å². The maximum absolute atomic E-state index is 12.8. The third-order valence-corrected chi connectivity index (χ3v) is 4.48. The van der Waals surface area contributed by atoms with Crippen molar-refractivity contribution >= 4 is 19.7 Å². The molecule has 0 radical (unpaired) electrons. The Morgan fingerprint density at radius 2 is 1.73 bits per heavy atom. The summed E-state index contributed by atoms with van der Waals surface area (Å²) in [5.74, 6) is 0.814. The van der Waals surface area contributed by atoms with E-state index in [0.717, 1.165) is 11.6 Å². The highest BCUT2D eigenvalue weighted by molar-refractivity contribution is 6.76. The van der Waals surface area contributed by atoms with Crippen LogP contribution >= 0.6 is 11.6 Å². The first-order chi connectivity index (χ1) is 6.92. The zero-order valence-electron chi connectivity index (χ0n) is 9.56. The molecule has 3 heteroatoms. The van der Waals surface area contributed by atoms with Crippen molar-refractivity contribution in [1.82, 2.24) is 0 Å². The van der Waals surface area contributed by atoms with Crippen molar-refractivity contribution < 1.29 is 4.39 Å². The fourth-order valence-electron chi connectivity index (χ4n) is 1.74. The number of alkyl halides is 1. The number of rotatable bonds is 4. The van der Waals surface area contributed by atoms with Crippen LogP contribution in [0.4, 0.5) is 4.39 Å². The topological polar surface area (TPSA) is 0 Å². The fourth-order valence-corrected chi connectivity index (χ4v) is 4.06. The van der Waals surface area contributed by atoms with E-state index < -0.39 is 8.07 Å². The summed E-state index contributed by atoms with van der Waals surface area (Å²) in [5.41, 5.74) is 1.16. The Labute approximate surface area is 97.5 Å². The molecule has 0 spiro atoms. The van der Waals surface area contributed by atoms with Crippen LogP contribution in [0.1, 0.15) is 11.5 Å². The summed E-state index contributed by atoms with van der Waals surface area (Å²) in [7, 11) is -1.12. The van der Waals surface area contributed by atoms with Crippen LogP contribution in [0.25, 0.3) is 0 Å². The molecule has 1 rings (SSSR count). The molecule has 0 aliphatic rings. The molecule has 1 unspecified atom stereocenters. The Balaban J connectivity index is 2.79. The van der Waals surface area contributed by atoms with Gasteiger partial charge >= 0.3 is 0 Å². The second-order valence-electron chi connectivity index (χ2n) is 5.17. The van der Waals surface area contributed by atoms with E-state index in [-0.39, 0.29) is 5.82 Å². The van der Waals surface area contributed by atoms with Gasteiger partial charge in [0.2, 0.25) is 0 Å². The minimum atomic E-state index is -1.12. The molecule has 0 nitrogen and oxygen atoms in total. The molecular weight excluding hydrogens is 227 g/mol. The summed E-state index contributed by atoms with van der Waals surface area (Å²) in [6, 6.07) is 7.88. The highest BCUT2D eigenvalue weighted by Gasteiger charge is 2.21. The average molecular weight is 245 g/mol. The van der Waals surface area contributed by atoms with Crippen LogP contribution in [0, 0.1) is 5.82 Å². The Morgan fingerprint density at radius 1 is 1.20 bits per heavy atom. The second-order valence-corrected chi connectivity index (χ2v) is 11.0. The largest absolute Gasteiger partial charge is 0.207 e. The Bertz CT molecular complexity index is 302. The minimum Gasteiger partial charge on any atom is -0.207 e. The van der Waals surface area contributed by atoms with Crippen molar-refractivity contribution in [2.45, 2.75) is 31.6 Å². The van der Waals surface area contributed by atoms with Crippen molar-refractivity contribution in [2.24, 2.45) is 0 Å². The summed E-state index contributed by atoms with van der Waals surface area (Å²) in [5, 5.41) is 0. The van der Waals surface area contributed by atoms with Crippen LogP contribution < -0.4 is 0 Å². The van der Waals surface area contributed by atoms with Crippen LogP contribution in [0.3, 0.4) is 0 Å². The lowest BCUT2D eigenvalue weighted by atomic mass is 10.0. The molecule has 0 aliphatic carbocycles. The first-order valence-electron chi connectivity index (χ1n) is 5.24. The molecule has 0 bridgehead atoms. The van der Waals surface area contributed by atoms with Gasteiger partial charge in [0.05, 0.1) is 0 Å². The predicted molar refractivity (Wildman–Crippen MR) is 68.0 cm³/mol. The lowest BCUT2D eigenvalue weighted by Gasteiger charge is -2.23. The molecule has 0 amide bonds. The van der Waals surface area contributed by atoms with Gasteiger partial charge in [0.15, 0.2) is 0 Å². The maximum Gasteiger partial charge on any atom is 0.123 e. The van der Waals surface area contributed by atoms with Gasteiger partial charge in [0.1, 0.15) is 5.82 Å². The fraction of sp³-hybridized carbons (Fsp3) is 0.500. The van der Waals surface area contributed by atoms with E-state index in [1.807, 2.05) is 12.1 Å². The average Bonchev–Trinajstić information content (AvgIpc) is 2.14. The van der Waals surface area contributed by atoms with Gasteiger partial charge < -0.3 is 0 Å². The summed E-state index contributed by atoms with van der Waals surface area (Å²) in [6.45, 7) is 6.99. The van der Waals surface area contributed by atoms with Crippen molar-refractivity contribution in [3.05, 3.63) is 35.6 Å². The highest BCUT2D eigenvalue weighted by Crippen LogP contribution is 2.27. The molecule has 1 aromatic carbocycles. The summed E-state index contributed by atoms with van der Waals surface area (Å²) in [4.78, 5) is 0. The van der Waals surface area contributed by atoms with Crippen molar-refractivity contribution in [2.75, 3.05) is 5.88 Å². The molecule has 0 fully saturated rings. The van der Waals surface area contributed by atoms with Crippen LogP contribution in [0.5, 0.6) is 0 Å². The van der Waals surface area contributed by atoms with Crippen LogP contribution in [-0.4, -0.2) is 14.0 Å². The van der Waals surface area contributed by atoms with E-state index in [9.17, 15) is 4.39 Å². The second kappa shape index (κ2) is 5.13. The van der Waals surface area contributed by atoms with E-state index in [0.29, 0.717) is 11.8 Å². The molecule has 0 N–H and O–H groups in total. The molecule has 1 atom stereocenters. The number of hydrogen-bond donors (Lipinski definition) is 0. The third kappa shape index (κ3) is 4.35. The van der Waals surface area contributed by atoms with Gasteiger partial charge in [-0.05, 0) is 29.7 Å². The van der Waals surface area contributed by atoms with Crippen LogP contribution in [0.15, 0.2) is 24.3 Å². The number of halogens is 2. The van der Waals surface area contributed by atoms with Gasteiger partial charge in [0.25, 0.3) is 0 Å². The van der Waals surface area contributed by atoms with Crippen molar-refractivity contribution in [3.63, 3.8) is 0 Å². The smallest absolute Gasteiger partial charge is 0.123 e. The quantitative estimate of drug-likeness (QED) is 0.541. The third-order valence-electron chi connectivity index (χ3n) is 2.39. The molecular formula is C12H18ClFSi. The van der Waals surface area contributed by atoms with Gasteiger partial charge in [-0.25, -0.2) is 4.39 Å². The summed E-state index contributed by atoms with van der Waals surface area (Å²) in [6.07, 6.45) is 0. The van der Waals surface area contributed by atoms with Gasteiger partial charge in [-0.1, -0.05) is 31.8 Å². The van der Waals surface area contributed by atoms with E-state index >= 15 is 0 Å². The van der Waals surface area contributed by atoms with Crippen molar-refractivity contribution in [1.29, 1.82) is 0 Å². The van der Waals surface area contributed by atoms with Gasteiger partial charge in [-0.15, -0.1) is 11.6 Å². The van der Waals surface area contributed by atoms with E-state index in [2.05, 4.69) is 19.6 Å². The highest BCUT2D eigenvalue weighted by atomic mass is 35.5. The van der Waals surface area contributed by atoms with E-state index in [1.54, 1.807) is 0 Å². The predicted octanol–water partition coefficient (Wildman–Crippen LogP) is 4.49. The minimum absolute atomic E-state index is 0.180. The van der Waals surface area contributed by atoms with Gasteiger partial charge in [-0.2, -0.15) is 0 Å². The summed E-state index contributed by atoms with van der Waals surface area (Å²) >= 11 is 5.98. The van der Waals surface area contributed by atoms with Crippen LogP contribution in [0.2, 0.25) is 25.7 Å². The Hall–Kier alpha value is -0.343. The molecule has 15 heavy (non-hydrogen) atoms. The zero-order chi connectivity index (χ0) is 11.5. The molecule has 1 aromatic rings. The molecule has 0 aliphatic heterocycles. The molecule has 0 heterocycles. The Morgan fingerprint density at radius 3 is 2.13 bits per heavy atom.